The molecule has 1 amide bonds. The zero-order valence-electron chi connectivity index (χ0n) is 18.7. The largest absolute Gasteiger partial charge is 0.467 e. The Hall–Kier alpha value is -1.93. The van der Waals surface area contributed by atoms with E-state index in [4.69, 9.17) is 4.74 Å². The van der Waals surface area contributed by atoms with Crippen LogP contribution in [-0.4, -0.2) is 50.3 Å². The first-order valence-electron chi connectivity index (χ1n) is 11.2. The second kappa shape index (κ2) is 9.69. The summed E-state index contributed by atoms with van der Waals surface area (Å²) >= 11 is 0. The fourth-order valence-corrected chi connectivity index (χ4v) is 6.19. The van der Waals surface area contributed by atoms with E-state index in [0.29, 0.717) is 18.8 Å². The van der Waals surface area contributed by atoms with Crippen LogP contribution in [0.3, 0.4) is 0 Å². The third-order valence-corrected chi connectivity index (χ3v) is 8.82. The number of nitrogens with zero attached hydrogens (tertiary/aromatic N) is 1. The molecule has 1 aromatic rings. The fourth-order valence-electron chi connectivity index (χ4n) is 4.72. The van der Waals surface area contributed by atoms with Crippen LogP contribution in [0.15, 0.2) is 29.2 Å². The number of carbonyl (C=O) groups is 2. The summed E-state index contributed by atoms with van der Waals surface area (Å²) in [5.41, 5.74) is -0.841. The van der Waals surface area contributed by atoms with E-state index in [-0.39, 0.29) is 16.5 Å². The van der Waals surface area contributed by atoms with Gasteiger partial charge in [0.2, 0.25) is 10.0 Å². The molecule has 1 aromatic carbocycles. The van der Waals surface area contributed by atoms with Crippen molar-refractivity contribution >= 4 is 21.9 Å². The summed E-state index contributed by atoms with van der Waals surface area (Å²) in [7, 11) is -0.769. The number of amides is 1. The first-order valence-corrected chi connectivity index (χ1v) is 12.6. The van der Waals surface area contributed by atoms with E-state index < -0.39 is 27.4 Å². The molecule has 2 fully saturated rings. The number of nitrogens with one attached hydrogen (secondary N) is 1. The van der Waals surface area contributed by atoms with Crippen molar-refractivity contribution in [3.8, 4) is 0 Å². The minimum atomic E-state index is -3.71. The molecule has 0 spiro atoms. The molecule has 1 N–H and O–H groups in total. The quantitative estimate of drug-likeness (QED) is 0.670. The van der Waals surface area contributed by atoms with E-state index in [1.54, 1.807) is 19.2 Å². The molecular formula is C23H34N2O5S. The molecule has 3 rings (SSSR count). The number of ether oxygens (including phenoxy) is 1. The first-order chi connectivity index (χ1) is 14.7. The molecule has 7 nitrogen and oxygen atoms in total. The van der Waals surface area contributed by atoms with Crippen molar-refractivity contribution in [3.63, 3.8) is 0 Å². The molecule has 0 atom stereocenters. The van der Waals surface area contributed by atoms with Gasteiger partial charge in [-0.25, -0.2) is 13.2 Å². The highest BCUT2D eigenvalue weighted by molar-refractivity contribution is 7.89. The van der Waals surface area contributed by atoms with Crippen LogP contribution in [0.5, 0.6) is 0 Å². The lowest BCUT2D eigenvalue weighted by Gasteiger charge is -2.37. The van der Waals surface area contributed by atoms with Gasteiger partial charge in [0.25, 0.3) is 5.91 Å². The van der Waals surface area contributed by atoms with Crippen LogP contribution in [-0.2, 0) is 19.6 Å². The Morgan fingerprint density at radius 3 is 2.35 bits per heavy atom. The summed E-state index contributed by atoms with van der Waals surface area (Å²) in [5, 5.41) is 2.87. The molecule has 0 aliphatic heterocycles. The molecule has 0 bridgehead atoms. The minimum Gasteiger partial charge on any atom is -0.467 e. The van der Waals surface area contributed by atoms with Gasteiger partial charge in [0.15, 0.2) is 0 Å². The van der Waals surface area contributed by atoms with Gasteiger partial charge in [0.1, 0.15) is 5.54 Å². The van der Waals surface area contributed by atoms with Crippen molar-refractivity contribution in [2.75, 3.05) is 14.2 Å². The number of sulfonamides is 1. The molecule has 0 saturated heterocycles. The van der Waals surface area contributed by atoms with Crippen LogP contribution >= 0.6 is 0 Å². The Balaban J connectivity index is 1.81. The lowest BCUT2D eigenvalue weighted by molar-refractivity contribution is -0.150. The predicted octanol–water partition coefficient (Wildman–Crippen LogP) is 3.49. The highest BCUT2D eigenvalue weighted by Crippen LogP contribution is 2.33. The molecule has 0 radical (unpaired) electrons. The van der Waals surface area contributed by atoms with Crippen molar-refractivity contribution < 1.29 is 22.7 Å². The second-order valence-electron chi connectivity index (χ2n) is 9.05. The van der Waals surface area contributed by atoms with Gasteiger partial charge in [0.05, 0.1) is 12.0 Å². The summed E-state index contributed by atoms with van der Waals surface area (Å²) in [5.74, 6) is -0.427. The van der Waals surface area contributed by atoms with E-state index in [1.165, 1.54) is 23.5 Å². The molecule has 0 aromatic heterocycles. The smallest absolute Gasteiger partial charge is 0.331 e. The lowest BCUT2D eigenvalue weighted by Crippen LogP contribution is -2.56. The molecule has 31 heavy (non-hydrogen) atoms. The number of esters is 1. The van der Waals surface area contributed by atoms with E-state index in [2.05, 4.69) is 12.2 Å². The Bertz CT molecular complexity index is 900. The molecule has 8 heteroatoms. The van der Waals surface area contributed by atoms with Crippen LogP contribution in [0, 0.1) is 5.92 Å². The maximum Gasteiger partial charge on any atom is 0.331 e. The summed E-state index contributed by atoms with van der Waals surface area (Å²) in [4.78, 5) is 25.7. The third kappa shape index (κ3) is 5.12. The van der Waals surface area contributed by atoms with Crippen molar-refractivity contribution in [2.24, 2.45) is 5.92 Å². The summed E-state index contributed by atoms with van der Waals surface area (Å²) in [6, 6.07) is 6.06. The summed E-state index contributed by atoms with van der Waals surface area (Å²) in [6.07, 6.45) is 7.56. The molecule has 2 saturated carbocycles. The SMILES string of the molecule is COC(=O)C1(NC(=O)c2cccc(S(=O)(=O)N(C)C3CCCCC3)c2)CCC(C)CC1. The maximum atomic E-state index is 13.2. The maximum absolute atomic E-state index is 13.2. The van der Waals surface area contributed by atoms with Crippen LogP contribution in [0.1, 0.15) is 75.1 Å². The number of rotatable bonds is 6. The highest BCUT2D eigenvalue weighted by Gasteiger charge is 2.43. The average Bonchev–Trinajstić information content (AvgIpc) is 2.80. The predicted molar refractivity (Wildman–Crippen MR) is 118 cm³/mol. The zero-order chi connectivity index (χ0) is 22.6. The van der Waals surface area contributed by atoms with Gasteiger partial charge in [-0.3, -0.25) is 4.79 Å². The molecule has 0 heterocycles. The van der Waals surface area contributed by atoms with E-state index in [0.717, 1.165) is 44.9 Å². The van der Waals surface area contributed by atoms with Crippen LogP contribution in [0.2, 0.25) is 0 Å². The number of carbonyl (C=O) groups excluding carboxylic acids is 2. The summed E-state index contributed by atoms with van der Waals surface area (Å²) < 4.78 is 32.8. The lowest BCUT2D eigenvalue weighted by atomic mass is 9.77. The third-order valence-electron chi connectivity index (χ3n) is 6.92. The van der Waals surface area contributed by atoms with Gasteiger partial charge in [-0.2, -0.15) is 4.31 Å². The Morgan fingerprint density at radius 1 is 1.10 bits per heavy atom. The molecule has 2 aliphatic rings. The second-order valence-corrected chi connectivity index (χ2v) is 11.0. The number of methoxy groups -OCH3 is 1. The number of hydrogen-bond donors (Lipinski definition) is 1. The molecule has 2 aliphatic carbocycles. The van der Waals surface area contributed by atoms with Crippen molar-refractivity contribution in [1.82, 2.24) is 9.62 Å². The fraction of sp³-hybridized carbons (Fsp3) is 0.652. The number of hydrogen-bond acceptors (Lipinski definition) is 5. The van der Waals surface area contributed by atoms with Crippen molar-refractivity contribution in [2.45, 2.75) is 81.2 Å². The van der Waals surface area contributed by atoms with Gasteiger partial charge in [-0.15, -0.1) is 0 Å². The normalized spacial score (nSPS) is 25.2. The Labute approximate surface area is 185 Å². The van der Waals surface area contributed by atoms with Crippen LogP contribution in [0.25, 0.3) is 0 Å². The van der Waals surface area contributed by atoms with Gasteiger partial charge >= 0.3 is 5.97 Å². The van der Waals surface area contributed by atoms with E-state index in [9.17, 15) is 18.0 Å². The van der Waals surface area contributed by atoms with Gasteiger partial charge in [0, 0.05) is 18.7 Å². The van der Waals surface area contributed by atoms with Crippen LogP contribution < -0.4 is 5.32 Å². The van der Waals surface area contributed by atoms with Crippen molar-refractivity contribution in [1.29, 1.82) is 0 Å². The van der Waals surface area contributed by atoms with E-state index >= 15 is 0 Å². The van der Waals surface area contributed by atoms with Crippen LogP contribution in [0.4, 0.5) is 0 Å². The van der Waals surface area contributed by atoms with Crippen molar-refractivity contribution in [3.05, 3.63) is 29.8 Å². The van der Waals surface area contributed by atoms with E-state index in [1.807, 2.05) is 0 Å². The molecular weight excluding hydrogens is 416 g/mol. The standard InChI is InChI=1S/C23H34N2O5S/c1-17-12-14-23(15-13-17,22(27)30-3)24-21(26)18-8-7-11-20(16-18)31(28,29)25(2)19-9-5-4-6-10-19/h7-8,11,16-17,19H,4-6,9-10,12-15H2,1-3H3,(H,24,26). The minimum absolute atomic E-state index is 0.0111. The highest BCUT2D eigenvalue weighted by atomic mass is 32.2. The first kappa shape index (κ1) is 23.7. The summed E-state index contributed by atoms with van der Waals surface area (Å²) in [6.45, 7) is 2.13. The number of benzene rings is 1. The Kier molecular flexibility index (Phi) is 7.42. The molecule has 0 unspecified atom stereocenters. The van der Waals surface area contributed by atoms with Gasteiger partial charge in [-0.1, -0.05) is 32.3 Å². The topological polar surface area (TPSA) is 92.8 Å². The van der Waals surface area contributed by atoms with Gasteiger partial charge < -0.3 is 10.1 Å². The molecule has 172 valence electrons. The monoisotopic (exact) mass is 450 g/mol. The Morgan fingerprint density at radius 2 is 1.74 bits per heavy atom. The van der Waals surface area contributed by atoms with Gasteiger partial charge in [-0.05, 0) is 62.6 Å². The zero-order valence-corrected chi connectivity index (χ0v) is 19.5. The average molecular weight is 451 g/mol.